The molecule has 2 N–H and O–H groups in total. The summed E-state index contributed by atoms with van der Waals surface area (Å²) in [5.41, 5.74) is 1.05. The van der Waals surface area contributed by atoms with Crippen molar-refractivity contribution in [1.29, 1.82) is 0 Å². The van der Waals surface area contributed by atoms with Gasteiger partial charge < -0.3 is 9.47 Å². The first-order valence-electron chi connectivity index (χ1n) is 6.21. The highest BCUT2D eigenvalue weighted by molar-refractivity contribution is 7.89. The molecular formula is C14H13NO4S2. The van der Waals surface area contributed by atoms with E-state index in [4.69, 9.17) is 14.6 Å². The smallest absolute Gasteiger partial charge is 0.243 e. The zero-order valence-electron chi connectivity index (χ0n) is 11.0. The topological polar surface area (TPSA) is 78.6 Å². The zero-order chi connectivity index (χ0) is 14.9. The largest absolute Gasteiger partial charge is 0.451 e. The quantitative estimate of drug-likeness (QED) is 0.937. The van der Waals surface area contributed by atoms with E-state index in [1.165, 1.54) is 11.3 Å². The van der Waals surface area contributed by atoms with E-state index in [0.29, 0.717) is 16.4 Å². The summed E-state index contributed by atoms with van der Waals surface area (Å²) in [6.07, 6.45) is 4.27. The number of hydrogen-bond donors (Lipinski definition) is 1. The number of rotatable bonds is 4. The van der Waals surface area contributed by atoms with E-state index >= 15 is 0 Å². The van der Waals surface area contributed by atoms with Gasteiger partial charge in [0.15, 0.2) is 5.75 Å². The molecule has 0 radical (unpaired) electrons. The SMILES string of the molecule is NS(=O)(=O)c1c(CC=Cc2ccccc2)sc2c1OCO2. The van der Waals surface area contributed by atoms with Gasteiger partial charge >= 0.3 is 0 Å². The van der Waals surface area contributed by atoms with Crippen LogP contribution in [0.15, 0.2) is 41.3 Å². The Hall–Kier alpha value is -1.83. The summed E-state index contributed by atoms with van der Waals surface area (Å²) >= 11 is 1.25. The second-order valence-electron chi connectivity index (χ2n) is 4.44. The number of allylic oxidation sites excluding steroid dienone is 1. The molecular weight excluding hydrogens is 310 g/mol. The van der Waals surface area contributed by atoms with Gasteiger partial charge in [-0.2, -0.15) is 0 Å². The molecule has 0 aliphatic carbocycles. The van der Waals surface area contributed by atoms with Gasteiger partial charge in [-0.1, -0.05) is 53.8 Å². The van der Waals surface area contributed by atoms with Crippen LogP contribution in [0.2, 0.25) is 0 Å². The molecule has 7 heteroatoms. The number of hydrogen-bond acceptors (Lipinski definition) is 5. The van der Waals surface area contributed by atoms with E-state index in [2.05, 4.69) is 0 Å². The molecule has 1 aromatic carbocycles. The second-order valence-corrected chi connectivity index (χ2v) is 7.01. The van der Waals surface area contributed by atoms with Crippen molar-refractivity contribution in [1.82, 2.24) is 0 Å². The molecule has 0 amide bonds. The fourth-order valence-electron chi connectivity index (χ4n) is 2.07. The van der Waals surface area contributed by atoms with Crippen LogP contribution < -0.4 is 14.6 Å². The summed E-state index contributed by atoms with van der Waals surface area (Å²) < 4.78 is 33.9. The average Bonchev–Trinajstić information content (AvgIpc) is 2.98. The molecule has 0 bridgehead atoms. The average molecular weight is 323 g/mol. The number of sulfonamides is 1. The lowest BCUT2D eigenvalue weighted by atomic mass is 10.2. The molecule has 0 saturated heterocycles. The minimum Gasteiger partial charge on any atom is -0.451 e. The van der Waals surface area contributed by atoms with Crippen molar-refractivity contribution in [3.8, 4) is 10.8 Å². The molecule has 1 aromatic heterocycles. The lowest BCUT2D eigenvalue weighted by molar-refractivity contribution is 0.173. The van der Waals surface area contributed by atoms with E-state index in [-0.39, 0.29) is 17.4 Å². The summed E-state index contributed by atoms with van der Waals surface area (Å²) in [6, 6.07) is 9.76. The van der Waals surface area contributed by atoms with Gasteiger partial charge in [-0.3, -0.25) is 0 Å². The first kappa shape index (κ1) is 14.1. The highest BCUT2D eigenvalue weighted by atomic mass is 32.2. The third-order valence-corrected chi connectivity index (χ3v) is 5.19. The predicted molar refractivity (Wildman–Crippen MR) is 81.0 cm³/mol. The van der Waals surface area contributed by atoms with Crippen molar-refractivity contribution in [3.63, 3.8) is 0 Å². The van der Waals surface area contributed by atoms with E-state index in [9.17, 15) is 8.42 Å². The second kappa shape index (κ2) is 5.51. The summed E-state index contributed by atoms with van der Waals surface area (Å²) in [4.78, 5) is 0.659. The summed E-state index contributed by atoms with van der Waals surface area (Å²) in [5.74, 6) is 0.241. The molecule has 0 saturated carbocycles. The lowest BCUT2D eigenvalue weighted by Crippen LogP contribution is -2.14. The summed E-state index contributed by atoms with van der Waals surface area (Å²) in [7, 11) is -3.84. The maximum absolute atomic E-state index is 11.7. The Morgan fingerprint density at radius 1 is 1.24 bits per heavy atom. The van der Waals surface area contributed by atoms with E-state index in [1.807, 2.05) is 42.5 Å². The third kappa shape index (κ3) is 2.94. The van der Waals surface area contributed by atoms with Crippen LogP contribution in [0, 0.1) is 0 Å². The molecule has 5 nitrogen and oxygen atoms in total. The van der Waals surface area contributed by atoms with E-state index < -0.39 is 10.0 Å². The van der Waals surface area contributed by atoms with Crippen molar-refractivity contribution in [2.45, 2.75) is 11.3 Å². The minimum atomic E-state index is -3.84. The first-order chi connectivity index (χ1) is 10.1. The van der Waals surface area contributed by atoms with E-state index in [1.54, 1.807) is 0 Å². The zero-order valence-corrected chi connectivity index (χ0v) is 12.6. The molecule has 0 unspecified atom stereocenters. The van der Waals surface area contributed by atoms with Gasteiger partial charge in [0.1, 0.15) is 4.90 Å². The molecule has 2 aromatic rings. The molecule has 1 aliphatic heterocycles. The highest BCUT2D eigenvalue weighted by Gasteiger charge is 2.31. The van der Waals surface area contributed by atoms with Crippen molar-refractivity contribution in [3.05, 3.63) is 46.8 Å². The van der Waals surface area contributed by atoms with Gasteiger partial charge in [0.25, 0.3) is 0 Å². The van der Waals surface area contributed by atoms with Crippen LogP contribution in [-0.4, -0.2) is 15.2 Å². The molecule has 21 heavy (non-hydrogen) atoms. The Kier molecular flexibility index (Phi) is 3.71. The Balaban J connectivity index is 1.88. The van der Waals surface area contributed by atoms with Gasteiger partial charge in [0.05, 0.1) is 0 Å². The number of nitrogens with two attached hydrogens (primary N) is 1. The van der Waals surface area contributed by atoms with Crippen LogP contribution in [0.4, 0.5) is 0 Å². The molecule has 0 fully saturated rings. The fraction of sp³-hybridized carbons (Fsp3) is 0.143. The van der Waals surface area contributed by atoms with Crippen molar-refractivity contribution >= 4 is 27.4 Å². The summed E-state index contributed by atoms with van der Waals surface area (Å²) in [5, 5.41) is 5.75. The third-order valence-electron chi connectivity index (χ3n) is 2.95. The molecule has 110 valence electrons. The van der Waals surface area contributed by atoms with Crippen LogP contribution in [0.5, 0.6) is 10.8 Å². The van der Waals surface area contributed by atoms with E-state index in [0.717, 1.165) is 5.56 Å². The maximum Gasteiger partial charge on any atom is 0.243 e. The standard InChI is InChI=1S/C14H13NO4S2/c15-21(16,17)13-11(20-14-12(13)18-9-19-14)8-4-7-10-5-2-1-3-6-10/h1-7H,8-9H2,(H2,15,16,17). The predicted octanol–water partition coefficient (Wildman–Crippen LogP) is 2.38. The number of primary sulfonamides is 1. The summed E-state index contributed by atoms with van der Waals surface area (Å²) in [6.45, 7) is 0.0316. The Bertz CT molecular complexity index is 779. The number of ether oxygens (including phenoxy) is 2. The monoisotopic (exact) mass is 323 g/mol. The minimum absolute atomic E-state index is 0.0316. The van der Waals surface area contributed by atoms with Crippen molar-refractivity contribution < 1.29 is 17.9 Å². The lowest BCUT2D eigenvalue weighted by Gasteiger charge is -2.01. The molecule has 3 rings (SSSR count). The van der Waals surface area contributed by atoms with Crippen LogP contribution in [-0.2, 0) is 16.4 Å². The van der Waals surface area contributed by atoms with Crippen molar-refractivity contribution in [2.24, 2.45) is 5.14 Å². The number of benzene rings is 1. The fourth-order valence-corrected chi connectivity index (χ4v) is 4.37. The normalized spacial score (nSPS) is 14.0. The van der Waals surface area contributed by atoms with Crippen LogP contribution in [0.25, 0.3) is 6.08 Å². The maximum atomic E-state index is 11.7. The Labute approximate surface area is 126 Å². The Morgan fingerprint density at radius 2 is 2.00 bits per heavy atom. The van der Waals surface area contributed by atoms with Gasteiger partial charge in [0, 0.05) is 11.3 Å². The molecule has 0 spiro atoms. The number of thiophene rings is 1. The van der Waals surface area contributed by atoms with Gasteiger partial charge in [-0.15, -0.1) is 0 Å². The Morgan fingerprint density at radius 3 is 2.71 bits per heavy atom. The molecule has 1 aliphatic rings. The van der Waals surface area contributed by atoms with Gasteiger partial charge in [0.2, 0.25) is 21.9 Å². The van der Waals surface area contributed by atoms with Crippen LogP contribution in [0.1, 0.15) is 10.4 Å². The van der Waals surface area contributed by atoms with Crippen LogP contribution >= 0.6 is 11.3 Å². The van der Waals surface area contributed by atoms with Crippen LogP contribution in [0.3, 0.4) is 0 Å². The highest BCUT2D eigenvalue weighted by Crippen LogP contribution is 2.47. The molecule has 2 heterocycles. The first-order valence-corrected chi connectivity index (χ1v) is 8.57. The van der Waals surface area contributed by atoms with Crippen molar-refractivity contribution in [2.75, 3.05) is 6.79 Å². The molecule has 0 atom stereocenters. The number of fused-ring (bicyclic) bond motifs is 1. The van der Waals surface area contributed by atoms with Gasteiger partial charge in [-0.05, 0) is 5.56 Å². The van der Waals surface area contributed by atoms with Gasteiger partial charge in [-0.25, -0.2) is 13.6 Å².